The number of hydrogen-bond acceptors (Lipinski definition) is 3. The molecule has 4 rings (SSSR count). The maximum absolute atomic E-state index is 13.8. The third kappa shape index (κ3) is 3.03. The van der Waals surface area contributed by atoms with Gasteiger partial charge in [0.15, 0.2) is 11.6 Å². The highest BCUT2D eigenvalue weighted by atomic mass is 19.2. The second-order valence-corrected chi connectivity index (χ2v) is 6.25. The molecule has 0 atom stereocenters. The highest BCUT2D eigenvalue weighted by Crippen LogP contribution is 2.26. The van der Waals surface area contributed by atoms with Crippen LogP contribution in [0, 0.1) is 23.0 Å². The lowest BCUT2D eigenvalue weighted by molar-refractivity contribution is 0.509. The molecule has 0 aliphatic heterocycles. The van der Waals surface area contributed by atoms with E-state index in [4.69, 9.17) is 0 Å². The van der Waals surface area contributed by atoms with Crippen molar-refractivity contribution >= 4 is 10.8 Å². The first-order chi connectivity index (χ1) is 13.6. The van der Waals surface area contributed by atoms with E-state index in [-0.39, 0.29) is 12.1 Å². The van der Waals surface area contributed by atoms with E-state index in [1.807, 2.05) is 0 Å². The van der Waals surface area contributed by atoms with Gasteiger partial charge in [-0.2, -0.15) is 10.4 Å². The van der Waals surface area contributed by atoms with Crippen molar-refractivity contribution in [1.82, 2.24) is 9.78 Å². The molecular weight excluding hydrogens is 360 g/mol. The summed E-state index contributed by atoms with van der Waals surface area (Å²) in [6.45, 7) is 0.0874. The van der Waals surface area contributed by atoms with Crippen molar-refractivity contribution in [2.24, 2.45) is 0 Å². The molecule has 3 aromatic carbocycles. The molecule has 0 N–H and O–H groups in total. The van der Waals surface area contributed by atoms with Crippen LogP contribution in [0.3, 0.4) is 0 Å². The highest BCUT2D eigenvalue weighted by molar-refractivity contribution is 5.93. The topological polar surface area (TPSA) is 58.7 Å². The normalized spacial score (nSPS) is 10.8. The molecule has 6 heteroatoms. The van der Waals surface area contributed by atoms with Crippen molar-refractivity contribution < 1.29 is 8.78 Å². The molecule has 28 heavy (non-hydrogen) atoms. The molecule has 4 aromatic rings. The lowest BCUT2D eigenvalue weighted by atomic mass is 10.0. The largest absolute Gasteiger partial charge is 0.274 e. The first-order valence-electron chi connectivity index (χ1n) is 8.52. The van der Waals surface area contributed by atoms with Crippen molar-refractivity contribution in [2.45, 2.75) is 6.54 Å². The maximum atomic E-state index is 13.8. The van der Waals surface area contributed by atoms with Gasteiger partial charge in [0.1, 0.15) is 0 Å². The molecule has 0 unspecified atom stereocenters. The van der Waals surface area contributed by atoms with Crippen LogP contribution in [0.4, 0.5) is 8.78 Å². The molecule has 4 nitrogen and oxygen atoms in total. The summed E-state index contributed by atoms with van der Waals surface area (Å²) in [4.78, 5) is 12.9. The number of rotatable bonds is 3. The van der Waals surface area contributed by atoms with E-state index in [2.05, 4.69) is 11.2 Å². The monoisotopic (exact) mass is 373 g/mol. The van der Waals surface area contributed by atoms with Crippen molar-refractivity contribution in [3.63, 3.8) is 0 Å². The number of nitriles is 1. The molecule has 136 valence electrons. The van der Waals surface area contributed by atoms with Crippen LogP contribution in [-0.4, -0.2) is 9.78 Å². The first-order valence-corrected chi connectivity index (χ1v) is 8.52. The van der Waals surface area contributed by atoms with Crippen LogP contribution in [-0.2, 0) is 6.54 Å². The van der Waals surface area contributed by atoms with Gasteiger partial charge in [0.2, 0.25) is 0 Å². The summed E-state index contributed by atoms with van der Waals surface area (Å²) < 4.78 is 28.4. The Labute approximate surface area is 158 Å². The Balaban J connectivity index is 1.96. The van der Waals surface area contributed by atoms with Gasteiger partial charge >= 0.3 is 0 Å². The van der Waals surface area contributed by atoms with Gasteiger partial charge in [-0.25, -0.2) is 13.5 Å². The van der Waals surface area contributed by atoms with Crippen LogP contribution >= 0.6 is 0 Å². The summed E-state index contributed by atoms with van der Waals surface area (Å²) in [7, 11) is 0. The van der Waals surface area contributed by atoms with Gasteiger partial charge in [-0.05, 0) is 35.9 Å². The van der Waals surface area contributed by atoms with Crippen molar-refractivity contribution in [3.8, 4) is 17.3 Å². The number of fused-ring (bicyclic) bond motifs is 1. The number of halogens is 2. The first kappa shape index (κ1) is 17.6. The number of hydrogen-bond donors (Lipinski definition) is 0. The fourth-order valence-corrected chi connectivity index (χ4v) is 3.13. The molecule has 0 amide bonds. The zero-order valence-corrected chi connectivity index (χ0v) is 14.6. The van der Waals surface area contributed by atoms with Gasteiger partial charge in [-0.15, -0.1) is 0 Å². The zero-order valence-electron chi connectivity index (χ0n) is 14.6. The predicted molar refractivity (Wildman–Crippen MR) is 102 cm³/mol. The van der Waals surface area contributed by atoms with Crippen molar-refractivity contribution in [3.05, 3.63) is 99.8 Å². The van der Waals surface area contributed by atoms with Crippen LogP contribution in [0.25, 0.3) is 22.0 Å². The average molecular weight is 373 g/mol. The standard InChI is InChI=1S/C22H13F2N3O/c23-19-10-9-14(11-20(19)24)21-17-7-3-4-8-18(17)22(28)27(26-21)13-16-6-2-1-5-15(16)12-25/h1-11H,13H2. The van der Waals surface area contributed by atoms with Gasteiger partial charge in [0.05, 0.1) is 29.3 Å². The molecule has 0 saturated heterocycles. The summed E-state index contributed by atoms with van der Waals surface area (Å²) in [6.07, 6.45) is 0. The van der Waals surface area contributed by atoms with E-state index in [1.165, 1.54) is 10.7 Å². The van der Waals surface area contributed by atoms with Crippen LogP contribution in [0.15, 0.2) is 71.5 Å². The number of aromatic nitrogens is 2. The summed E-state index contributed by atoms with van der Waals surface area (Å²) in [5.41, 5.74) is 1.49. The second-order valence-electron chi connectivity index (χ2n) is 6.25. The average Bonchev–Trinajstić information content (AvgIpc) is 2.72. The van der Waals surface area contributed by atoms with E-state index in [1.54, 1.807) is 48.5 Å². The Bertz CT molecular complexity index is 1310. The summed E-state index contributed by atoms with van der Waals surface area (Å²) in [5.74, 6) is -1.94. The zero-order chi connectivity index (χ0) is 19.7. The van der Waals surface area contributed by atoms with Crippen LogP contribution < -0.4 is 5.56 Å². The number of nitrogens with zero attached hydrogens (tertiary/aromatic N) is 3. The SMILES string of the molecule is N#Cc1ccccc1Cn1nc(-c2ccc(F)c(F)c2)c2ccccc2c1=O. The van der Waals surface area contributed by atoms with Gasteiger partial charge in [0, 0.05) is 10.9 Å². The van der Waals surface area contributed by atoms with Crippen molar-refractivity contribution in [1.29, 1.82) is 5.26 Å². The summed E-state index contributed by atoms with van der Waals surface area (Å²) in [6, 6.07) is 19.4. The van der Waals surface area contributed by atoms with E-state index >= 15 is 0 Å². The highest BCUT2D eigenvalue weighted by Gasteiger charge is 2.15. The van der Waals surface area contributed by atoms with Crippen LogP contribution in [0.1, 0.15) is 11.1 Å². The number of benzene rings is 3. The minimum Gasteiger partial charge on any atom is -0.267 e. The molecular formula is C22H13F2N3O. The van der Waals surface area contributed by atoms with Crippen LogP contribution in [0.2, 0.25) is 0 Å². The fraction of sp³-hybridized carbons (Fsp3) is 0.0455. The predicted octanol–water partition coefficient (Wildman–Crippen LogP) is 4.26. The molecule has 1 aromatic heterocycles. The molecule has 0 aliphatic carbocycles. The molecule has 0 bridgehead atoms. The quantitative estimate of drug-likeness (QED) is 0.539. The van der Waals surface area contributed by atoms with E-state index in [0.29, 0.717) is 33.2 Å². The Morgan fingerprint density at radius 1 is 0.929 bits per heavy atom. The van der Waals surface area contributed by atoms with E-state index < -0.39 is 11.6 Å². The lowest BCUT2D eigenvalue weighted by Gasteiger charge is -2.12. The Hall–Kier alpha value is -3.85. The molecule has 0 radical (unpaired) electrons. The molecule has 0 spiro atoms. The van der Waals surface area contributed by atoms with Crippen LogP contribution in [0.5, 0.6) is 0 Å². The van der Waals surface area contributed by atoms with Gasteiger partial charge in [-0.3, -0.25) is 4.79 Å². The lowest BCUT2D eigenvalue weighted by Crippen LogP contribution is -2.24. The molecule has 0 fully saturated rings. The van der Waals surface area contributed by atoms with E-state index in [9.17, 15) is 18.8 Å². The van der Waals surface area contributed by atoms with Gasteiger partial charge in [0.25, 0.3) is 5.56 Å². The molecule has 0 aliphatic rings. The molecule has 0 saturated carbocycles. The minimum absolute atomic E-state index is 0.0874. The smallest absolute Gasteiger partial charge is 0.267 e. The fourth-order valence-electron chi connectivity index (χ4n) is 3.13. The van der Waals surface area contributed by atoms with Gasteiger partial charge < -0.3 is 0 Å². The Morgan fingerprint density at radius 2 is 1.64 bits per heavy atom. The summed E-state index contributed by atoms with van der Waals surface area (Å²) in [5, 5.41) is 14.7. The second kappa shape index (κ2) is 7.05. The Kier molecular flexibility index (Phi) is 4.42. The third-order valence-electron chi connectivity index (χ3n) is 4.52. The van der Waals surface area contributed by atoms with Crippen molar-refractivity contribution in [2.75, 3.05) is 0 Å². The third-order valence-corrected chi connectivity index (χ3v) is 4.52. The van der Waals surface area contributed by atoms with Gasteiger partial charge in [-0.1, -0.05) is 36.4 Å². The minimum atomic E-state index is -0.990. The summed E-state index contributed by atoms with van der Waals surface area (Å²) >= 11 is 0. The molecule has 1 heterocycles. The van der Waals surface area contributed by atoms with E-state index in [0.717, 1.165) is 12.1 Å². The maximum Gasteiger partial charge on any atom is 0.274 e. The Morgan fingerprint density at radius 3 is 2.39 bits per heavy atom.